The van der Waals surface area contributed by atoms with Gasteiger partial charge in [-0.1, -0.05) is 73.4 Å². The van der Waals surface area contributed by atoms with Gasteiger partial charge in [0, 0.05) is 29.1 Å². The van der Waals surface area contributed by atoms with Crippen molar-refractivity contribution in [3.05, 3.63) is 81.8 Å². The van der Waals surface area contributed by atoms with Gasteiger partial charge in [0.15, 0.2) is 6.10 Å². The molecule has 0 aliphatic rings. The molecule has 0 aliphatic carbocycles. The molecule has 31 heavy (non-hydrogen) atoms. The monoisotopic (exact) mass is 459 g/mol. The van der Waals surface area contributed by atoms with E-state index in [0.717, 1.165) is 22.3 Å². The predicted molar refractivity (Wildman–Crippen MR) is 128 cm³/mol. The Morgan fingerprint density at radius 1 is 1.03 bits per heavy atom. The molecule has 1 atom stereocenters. The molecule has 3 rings (SSSR count). The Hall–Kier alpha value is -2.69. The second-order valence-corrected chi connectivity index (χ2v) is 7.45. The minimum absolute atomic E-state index is 0.212. The van der Waals surface area contributed by atoms with Gasteiger partial charge in [-0.3, -0.25) is 4.79 Å². The Labute approximate surface area is 193 Å². The second-order valence-electron chi connectivity index (χ2n) is 6.63. The third-order valence-corrected chi connectivity index (χ3v) is 5.24. The van der Waals surface area contributed by atoms with Crippen LogP contribution in [0.15, 0.2) is 60.7 Å². The summed E-state index contributed by atoms with van der Waals surface area (Å²) in [6.45, 7) is 5.65. The number of carbonyl (C=O) groups excluding carboxylic acids is 1. The number of hydrogen-bond acceptors (Lipinski definition) is 3. The van der Waals surface area contributed by atoms with Gasteiger partial charge in [0.1, 0.15) is 11.5 Å². The number of halogens is 2. The molecule has 1 unspecified atom stereocenters. The van der Waals surface area contributed by atoms with Crippen LogP contribution in [0.3, 0.4) is 0 Å². The maximum absolute atomic E-state index is 11.6. The van der Waals surface area contributed by atoms with Gasteiger partial charge in [-0.15, -0.1) is 0 Å². The third kappa shape index (κ3) is 6.39. The summed E-state index contributed by atoms with van der Waals surface area (Å²) in [6, 6.07) is 18.4. The minimum Gasteiger partial charge on any atom is -0.507 e. The lowest BCUT2D eigenvalue weighted by molar-refractivity contribution is -0.126. The van der Waals surface area contributed by atoms with E-state index >= 15 is 0 Å². The zero-order valence-corrected chi connectivity index (χ0v) is 19.6. The number of nitrogens with one attached hydrogen (secondary N) is 1. The largest absolute Gasteiger partial charge is 0.507 e. The first-order chi connectivity index (χ1) is 14.9. The molecular formula is C25H27Cl2NO3. The van der Waals surface area contributed by atoms with Gasteiger partial charge in [0.05, 0.1) is 0 Å². The van der Waals surface area contributed by atoms with E-state index in [4.69, 9.17) is 27.9 Å². The smallest absolute Gasteiger partial charge is 0.260 e. The van der Waals surface area contributed by atoms with Crippen molar-refractivity contribution >= 4 is 29.1 Å². The Morgan fingerprint density at radius 3 is 2.23 bits per heavy atom. The molecule has 0 aromatic heterocycles. The highest BCUT2D eigenvalue weighted by Gasteiger charge is 2.16. The summed E-state index contributed by atoms with van der Waals surface area (Å²) in [5, 5.41) is 13.7. The molecule has 0 fully saturated rings. The minimum atomic E-state index is -0.663. The van der Waals surface area contributed by atoms with E-state index in [9.17, 15) is 9.90 Å². The van der Waals surface area contributed by atoms with Gasteiger partial charge in [0.2, 0.25) is 0 Å². The van der Waals surface area contributed by atoms with Crippen LogP contribution in [0.25, 0.3) is 11.1 Å². The normalized spacial score (nSPS) is 11.2. The highest BCUT2D eigenvalue weighted by Crippen LogP contribution is 2.35. The number of phenolic OH excluding ortho intramolecular Hbond substituents is 1. The van der Waals surface area contributed by atoms with Crippen LogP contribution < -0.4 is 10.1 Å². The first-order valence-corrected chi connectivity index (χ1v) is 10.9. The second kappa shape index (κ2) is 11.6. The molecule has 164 valence electrons. The molecule has 0 aliphatic heterocycles. The van der Waals surface area contributed by atoms with Crippen molar-refractivity contribution in [1.82, 2.24) is 5.32 Å². The van der Waals surface area contributed by atoms with Gasteiger partial charge < -0.3 is 15.2 Å². The Bertz CT molecular complexity index is 1000. The van der Waals surface area contributed by atoms with E-state index < -0.39 is 6.10 Å². The van der Waals surface area contributed by atoms with Gasteiger partial charge in [0.25, 0.3) is 5.91 Å². The molecule has 2 N–H and O–H groups in total. The summed E-state index contributed by atoms with van der Waals surface area (Å²) >= 11 is 12.9. The molecule has 0 spiro atoms. The van der Waals surface area contributed by atoms with Crippen molar-refractivity contribution in [3.63, 3.8) is 0 Å². The summed E-state index contributed by atoms with van der Waals surface area (Å²) in [7, 11) is 1.55. The lowest BCUT2D eigenvalue weighted by Crippen LogP contribution is -2.33. The zero-order valence-electron chi connectivity index (χ0n) is 18.1. The fourth-order valence-corrected chi connectivity index (χ4v) is 3.62. The fourth-order valence-electron chi connectivity index (χ4n) is 3.02. The summed E-state index contributed by atoms with van der Waals surface area (Å²) in [5.41, 5.74) is 3.38. The predicted octanol–water partition coefficient (Wildman–Crippen LogP) is 6.50. The molecule has 6 heteroatoms. The molecule has 0 saturated carbocycles. The summed E-state index contributed by atoms with van der Waals surface area (Å²) in [4.78, 5) is 11.6. The number of rotatable bonds is 6. The molecular weight excluding hydrogens is 433 g/mol. The molecule has 0 bridgehead atoms. The maximum atomic E-state index is 11.6. The molecule has 4 nitrogen and oxygen atoms in total. The van der Waals surface area contributed by atoms with Crippen molar-refractivity contribution in [2.24, 2.45) is 0 Å². The molecule has 1 amide bonds. The Morgan fingerprint density at radius 2 is 1.65 bits per heavy atom. The highest BCUT2D eigenvalue weighted by molar-refractivity contribution is 6.36. The molecule has 0 saturated heterocycles. The lowest BCUT2D eigenvalue weighted by Gasteiger charge is -2.16. The number of aromatic hydroxyl groups is 1. The summed E-state index contributed by atoms with van der Waals surface area (Å²) in [6.07, 6.45) is -0.174. The van der Waals surface area contributed by atoms with Crippen molar-refractivity contribution < 1.29 is 14.6 Å². The lowest BCUT2D eigenvalue weighted by atomic mass is 9.98. The number of likely N-dealkylation sites (N-methyl/N-ethyl adjacent to an activating group) is 1. The van der Waals surface area contributed by atoms with Crippen molar-refractivity contribution in [1.29, 1.82) is 0 Å². The van der Waals surface area contributed by atoms with Crippen molar-refractivity contribution in [3.8, 4) is 22.6 Å². The van der Waals surface area contributed by atoms with E-state index in [1.807, 2.05) is 56.3 Å². The number of ether oxygens (including phenoxy) is 1. The number of hydrogen-bond donors (Lipinski definition) is 2. The van der Waals surface area contributed by atoms with Crippen LogP contribution in [0.4, 0.5) is 0 Å². The first-order valence-electron chi connectivity index (χ1n) is 10.1. The molecule has 3 aromatic rings. The van der Waals surface area contributed by atoms with E-state index in [2.05, 4.69) is 5.32 Å². The quantitative estimate of drug-likeness (QED) is 0.442. The van der Waals surface area contributed by atoms with E-state index in [0.29, 0.717) is 22.2 Å². The zero-order chi connectivity index (χ0) is 23.0. The van der Waals surface area contributed by atoms with E-state index in [1.165, 1.54) is 0 Å². The Balaban J connectivity index is 0.00000166. The third-order valence-electron chi connectivity index (χ3n) is 4.57. The van der Waals surface area contributed by atoms with Crippen LogP contribution in [0.2, 0.25) is 10.0 Å². The number of carbonyl (C=O) groups is 1. The van der Waals surface area contributed by atoms with Crippen LogP contribution in [-0.2, 0) is 11.2 Å². The topological polar surface area (TPSA) is 58.6 Å². The first kappa shape index (κ1) is 24.6. The highest BCUT2D eigenvalue weighted by atomic mass is 35.5. The SMILES string of the molecule is CC.CNC(=O)C(C)Oc1cc(Cl)c(Cc2ccc(O)c(-c3ccccc3)c2)c(Cl)c1. The van der Waals surface area contributed by atoms with Crippen LogP contribution in [0, 0.1) is 0 Å². The Kier molecular flexibility index (Phi) is 9.22. The summed E-state index contributed by atoms with van der Waals surface area (Å²) < 4.78 is 5.61. The molecule has 3 aromatic carbocycles. The molecule has 0 heterocycles. The van der Waals surface area contributed by atoms with Gasteiger partial charge >= 0.3 is 0 Å². The molecule has 0 radical (unpaired) electrons. The van der Waals surface area contributed by atoms with Crippen LogP contribution in [-0.4, -0.2) is 24.2 Å². The number of benzene rings is 3. The fraction of sp³-hybridized carbons (Fsp3) is 0.240. The standard InChI is InChI=1S/C23H21Cl2NO3.C2H6/c1-14(23(28)26-2)29-17-12-20(24)19(21(25)13-17)11-15-8-9-22(27)18(10-15)16-6-4-3-5-7-16;1-2/h3-10,12-14,27H,11H2,1-2H3,(H,26,28);1-2H3. The number of phenols is 1. The van der Waals surface area contributed by atoms with Crippen molar-refractivity contribution in [2.75, 3.05) is 7.05 Å². The van der Waals surface area contributed by atoms with Crippen LogP contribution >= 0.6 is 23.2 Å². The number of amides is 1. The summed E-state index contributed by atoms with van der Waals surface area (Å²) in [5.74, 6) is 0.401. The average molecular weight is 460 g/mol. The average Bonchev–Trinajstić information content (AvgIpc) is 2.78. The maximum Gasteiger partial charge on any atom is 0.260 e. The van der Waals surface area contributed by atoms with Gasteiger partial charge in [-0.25, -0.2) is 0 Å². The van der Waals surface area contributed by atoms with Gasteiger partial charge in [-0.2, -0.15) is 0 Å². The van der Waals surface area contributed by atoms with Gasteiger partial charge in [-0.05, 0) is 47.9 Å². The van der Waals surface area contributed by atoms with Crippen LogP contribution in [0.5, 0.6) is 11.5 Å². The van der Waals surface area contributed by atoms with E-state index in [1.54, 1.807) is 32.2 Å². The van der Waals surface area contributed by atoms with Crippen LogP contribution in [0.1, 0.15) is 31.9 Å². The van der Waals surface area contributed by atoms with E-state index in [-0.39, 0.29) is 11.7 Å². The van der Waals surface area contributed by atoms with Crippen molar-refractivity contribution in [2.45, 2.75) is 33.3 Å².